The van der Waals surface area contributed by atoms with E-state index in [1.807, 2.05) is 13.8 Å². The maximum Gasteiger partial charge on any atom is 0.349 e. The molecule has 2 rings (SSSR count). The van der Waals surface area contributed by atoms with Crippen molar-refractivity contribution in [2.75, 3.05) is 12.0 Å². The topological polar surface area (TPSA) is 132 Å². The molecule has 1 aromatic rings. The van der Waals surface area contributed by atoms with Gasteiger partial charge in [0, 0.05) is 18.9 Å². The molecule has 0 atom stereocenters. The number of allylic oxidation sites excluding steroid dienone is 1. The number of carbonyl (C=O) groups excluding carboxylic acids is 3. The van der Waals surface area contributed by atoms with E-state index in [0.717, 1.165) is 11.3 Å². The Kier molecular flexibility index (Phi) is 6.91. The van der Waals surface area contributed by atoms with Crippen LogP contribution in [-0.2, 0) is 20.7 Å². The number of nitrogens with one attached hydrogen (secondary N) is 1. The van der Waals surface area contributed by atoms with Gasteiger partial charge in [0.25, 0.3) is 0 Å². The fraction of sp³-hybridized carbons (Fsp3) is 0.429. The van der Waals surface area contributed by atoms with Crippen molar-refractivity contribution >= 4 is 39.6 Å². The Morgan fingerprint density at radius 3 is 2.47 bits per heavy atom. The van der Waals surface area contributed by atoms with Crippen molar-refractivity contribution < 1.29 is 19.1 Å². The predicted octanol–water partition coefficient (Wildman–Crippen LogP) is 3.53. The second-order valence-corrected chi connectivity index (χ2v) is 8.65. The number of ether oxygens (including phenoxy) is 1. The number of hydrazone groups is 1. The summed E-state index contributed by atoms with van der Waals surface area (Å²) in [5.74, 6) is -1.35. The van der Waals surface area contributed by atoms with Gasteiger partial charge in [0.1, 0.15) is 28.4 Å². The monoisotopic (exact) mass is 426 g/mol. The first-order valence-corrected chi connectivity index (χ1v) is 10.1. The minimum Gasteiger partial charge on any atom is -0.462 e. The summed E-state index contributed by atoms with van der Waals surface area (Å²) in [4.78, 5) is 37.1. The highest BCUT2D eigenvalue weighted by Gasteiger charge is 2.35. The van der Waals surface area contributed by atoms with Crippen molar-refractivity contribution in [3.8, 4) is 12.1 Å². The average Bonchev–Trinajstić information content (AvgIpc) is 2.98. The smallest absolute Gasteiger partial charge is 0.349 e. The Morgan fingerprint density at radius 1 is 1.27 bits per heavy atom. The van der Waals surface area contributed by atoms with Gasteiger partial charge in [-0.2, -0.15) is 15.6 Å². The lowest BCUT2D eigenvalue weighted by atomic mass is 9.75. The van der Waals surface area contributed by atoms with E-state index in [4.69, 9.17) is 4.74 Å². The Morgan fingerprint density at radius 2 is 1.93 bits per heavy atom. The van der Waals surface area contributed by atoms with Gasteiger partial charge in [0.2, 0.25) is 0 Å². The van der Waals surface area contributed by atoms with Crippen LogP contribution >= 0.6 is 11.3 Å². The van der Waals surface area contributed by atoms with Crippen LogP contribution in [0.3, 0.4) is 0 Å². The number of thiophene rings is 1. The van der Waals surface area contributed by atoms with Crippen LogP contribution in [0, 0.1) is 28.1 Å². The zero-order valence-corrected chi connectivity index (χ0v) is 18.3. The van der Waals surface area contributed by atoms with Crippen molar-refractivity contribution in [1.82, 2.24) is 0 Å². The third-order valence-electron chi connectivity index (χ3n) is 4.59. The minimum absolute atomic E-state index is 0.0308. The molecule has 1 aliphatic rings. The summed E-state index contributed by atoms with van der Waals surface area (Å²) < 4.78 is 4.85. The number of hydrogen-bond donors (Lipinski definition) is 1. The fourth-order valence-electron chi connectivity index (χ4n) is 3.25. The first kappa shape index (κ1) is 23.0. The number of hydrogen-bond acceptors (Lipinski definition) is 9. The molecule has 8 nitrogen and oxygen atoms in total. The maximum atomic E-state index is 12.5. The van der Waals surface area contributed by atoms with E-state index in [9.17, 15) is 24.9 Å². The number of nitriles is 2. The number of nitrogens with zero attached hydrogens (tertiary/aromatic N) is 3. The normalized spacial score (nSPS) is 16.0. The Bertz CT molecular complexity index is 1060. The molecule has 1 heterocycles. The summed E-state index contributed by atoms with van der Waals surface area (Å²) in [7, 11) is 0. The minimum atomic E-state index is -0.844. The molecule has 9 heteroatoms. The molecule has 0 aromatic carbocycles. The molecule has 0 saturated heterocycles. The number of ketones is 2. The predicted molar refractivity (Wildman–Crippen MR) is 112 cm³/mol. The standard InChI is InChI=1S/C21H22N4O4S/c1-6-29-20(28)14(9-22)11(2)17(12(3)26)24-25-19-15(10-23)13-7-21(4,5)8-16(27)18(13)30-19/h25H,6-8H2,1-5H3/b14-11-,24-17+. The summed E-state index contributed by atoms with van der Waals surface area (Å²) >= 11 is 1.12. The number of carbonyl (C=O) groups is 3. The lowest BCUT2D eigenvalue weighted by Crippen LogP contribution is -2.26. The second-order valence-electron chi connectivity index (χ2n) is 7.63. The molecule has 0 bridgehead atoms. The van der Waals surface area contributed by atoms with Crippen LogP contribution < -0.4 is 5.43 Å². The van der Waals surface area contributed by atoms with Gasteiger partial charge in [-0.3, -0.25) is 15.0 Å². The Labute approximate surface area is 178 Å². The summed E-state index contributed by atoms with van der Waals surface area (Å²) in [6.45, 7) is 8.31. The van der Waals surface area contributed by atoms with Gasteiger partial charge in [-0.05, 0) is 31.2 Å². The van der Waals surface area contributed by atoms with E-state index < -0.39 is 11.8 Å². The van der Waals surface area contributed by atoms with Crippen LogP contribution in [0.15, 0.2) is 16.2 Å². The molecule has 1 aliphatic carbocycles. The SMILES string of the molecule is CCOC(=O)/C(C#N)=C(C)\C(=N/Nc1sc2c(c1C#N)CC(C)(C)CC2=O)C(C)=O. The van der Waals surface area contributed by atoms with E-state index in [1.165, 1.54) is 13.8 Å². The fourth-order valence-corrected chi connectivity index (χ4v) is 4.30. The third-order valence-corrected chi connectivity index (χ3v) is 5.77. The largest absolute Gasteiger partial charge is 0.462 e. The second kappa shape index (κ2) is 9.02. The number of esters is 1. The van der Waals surface area contributed by atoms with Gasteiger partial charge in [-0.15, -0.1) is 11.3 Å². The van der Waals surface area contributed by atoms with Gasteiger partial charge in [0.15, 0.2) is 11.6 Å². The van der Waals surface area contributed by atoms with Gasteiger partial charge in [0.05, 0.1) is 17.0 Å². The van der Waals surface area contributed by atoms with Crippen molar-refractivity contribution in [3.05, 3.63) is 27.2 Å². The molecule has 0 aliphatic heterocycles. The summed E-state index contributed by atoms with van der Waals surface area (Å²) in [5.41, 5.74) is 3.05. The molecule has 0 amide bonds. The van der Waals surface area contributed by atoms with Crippen molar-refractivity contribution in [2.24, 2.45) is 10.5 Å². The van der Waals surface area contributed by atoms with E-state index in [1.54, 1.807) is 13.0 Å². The van der Waals surface area contributed by atoms with Crippen molar-refractivity contribution in [3.63, 3.8) is 0 Å². The van der Waals surface area contributed by atoms with E-state index >= 15 is 0 Å². The van der Waals surface area contributed by atoms with Crippen LogP contribution in [0.1, 0.15) is 61.8 Å². The molecule has 0 spiro atoms. The summed E-state index contributed by atoms with van der Waals surface area (Å²) in [5, 5.41) is 23.4. The molecule has 0 fully saturated rings. The van der Waals surface area contributed by atoms with Crippen molar-refractivity contribution in [2.45, 2.75) is 47.5 Å². The molecule has 156 valence electrons. The summed E-state index contributed by atoms with van der Waals surface area (Å²) in [6, 6.07) is 3.86. The maximum absolute atomic E-state index is 12.5. The zero-order chi connectivity index (χ0) is 22.6. The molecule has 1 aromatic heterocycles. The molecule has 0 unspecified atom stereocenters. The first-order valence-electron chi connectivity index (χ1n) is 9.28. The van der Waals surface area contributed by atoms with E-state index in [0.29, 0.717) is 33.8 Å². The molecular formula is C21H22N4O4S. The molecule has 1 N–H and O–H groups in total. The molecule has 0 saturated carbocycles. The lowest BCUT2D eigenvalue weighted by molar-refractivity contribution is -0.138. The number of fused-ring (bicyclic) bond motifs is 1. The zero-order valence-electron chi connectivity index (χ0n) is 17.5. The quantitative estimate of drug-likeness (QED) is 0.242. The van der Waals surface area contributed by atoms with Crippen LogP contribution in [-0.4, -0.2) is 29.9 Å². The first-order chi connectivity index (χ1) is 14.1. The van der Waals surface area contributed by atoms with Crippen LogP contribution in [0.2, 0.25) is 0 Å². The summed E-state index contributed by atoms with van der Waals surface area (Å²) in [6.07, 6.45) is 0.971. The molecule has 0 radical (unpaired) electrons. The van der Waals surface area contributed by atoms with E-state index in [2.05, 4.69) is 16.6 Å². The molecular weight excluding hydrogens is 404 g/mol. The van der Waals surface area contributed by atoms with E-state index in [-0.39, 0.29) is 34.7 Å². The van der Waals surface area contributed by atoms with Gasteiger partial charge >= 0.3 is 5.97 Å². The number of anilines is 1. The van der Waals surface area contributed by atoms with Gasteiger partial charge in [-0.1, -0.05) is 13.8 Å². The van der Waals surface area contributed by atoms with Crippen LogP contribution in [0.25, 0.3) is 0 Å². The molecule has 30 heavy (non-hydrogen) atoms. The van der Waals surface area contributed by atoms with Gasteiger partial charge < -0.3 is 4.74 Å². The Balaban J connectivity index is 2.50. The van der Waals surface area contributed by atoms with Crippen LogP contribution in [0.4, 0.5) is 5.00 Å². The highest BCUT2D eigenvalue weighted by atomic mass is 32.1. The highest BCUT2D eigenvalue weighted by molar-refractivity contribution is 7.18. The number of rotatable bonds is 6. The van der Waals surface area contributed by atoms with Crippen LogP contribution in [0.5, 0.6) is 0 Å². The van der Waals surface area contributed by atoms with Crippen molar-refractivity contribution in [1.29, 1.82) is 10.5 Å². The van der Waals surface area contributed by atoms with Gasteiger partial charge in [-0.25, -0.2) is 4.79 Å². The average molecular weight is 426 g/mol. The Hall–Kier alpha value is -3.30. The highest BCUT2D eigenvalue weighted by Crippen LogP contribution is 2.43. The number of Topliss-reactive ketones (excluding diaryl/α,β-unsaturated/α-hetero) is 2. The lowest BCUT2D eigenvalue weighted by Gasteiger charge is -2.28. The third kappa shape index (κ3) is 4.64.